The average molecular weight is 468 g/mol. The van der Waals surface area contributed by atoms with E-state index in [0.29, 0.717) is 42.2 Å². The summed E-state index contributed by atoms with van der Waals surface area (Å²) in [5, 5.41) is 20.7. The smallest absolute Gasteiger partial charge is 0.254 e. The molecule has 184 valence electrons. The maximum Gasteiger partial charge on any atom is 0.254 e. The van der Waals surface area contributed by atoms with Gasteiger partial charge in [-0.25, -0.2) is 9.97 Å². The first-order valence-electron chi connectivity index (χ1n) is 13.4. The number of hydrogen-bond donors (Lipinski definition) is 4. The Balaban J connectivity index is 1.22. The van der Waals surface area contributed by atoms with Crippen LogP contribution in [0, 0.1) is 17.8 Å². The molecule has 6 atom stereocenters. The van der Waals surface area contributed by atoms with E-state index in [1.165, 1.54) is 12.8 Å². The maximum absolute atomic E-state index is 13.6. The van der Waals surface area contributed by atoms with Crippen LogP contribution in [0.4, 0.5) is 5.95 Å². The molecule has 1 aromatic heterocycles. The summed E-state index contributed by atoms with van der Waals surface area (Å²) in [5.41, 5.74) is 0.960. The van der Waals surface area contributed by atoms with Crippen LogP contribution in [0.1, 0.15) is 99.0 Å². The number of aromatic nitrogens is 2. The molecule has 4 saturated carbocycles. The van der Waals surface area contributed by atoms with Gasteiger partial charge in [-0.1, -0.05) is 19.3 Å². The average Bonchev–Trinajstić information content (AvgIpc) is 3.40. The van der Waals surface area contributed by atoms with E-state index in [4.69, 9.17) is 4.98 Å². The minimum Gasteiger partial charge on any atom is -0.390 e. The largest absolute Gasteiger partial charge is 0.390 e. The van der Waals surface area contributed by atoms with E-state index in [0.717, 1.165) is 63.5 Å². The van der Waals surface area contributed by atoms with Gasteiger partial charge in [0.05, 0.1) is 16.9 Å². The number of carbonyl (C=O) groups excluding carboxylic acids is 2. The zero-order valence-electron chi connectivity index (χ0n) is 19.9. The monoisotopic (exact) mass is 467 g/mol. The third-order valence-corrected chi connectivity index (χ3v) is 9.35. The van der Waals surface area contributed by atoms with Crippen molar-refractivity contribution < 1.29 is 14.7 Å². The number of rotatable bonds is 5. The van der Waals surface area contributed by atoms with Crippen molar-refractivity contribution in [1.29, 1.82) is 0 Å². The van der Waals surface area contributed by atoms with E-state index in [1.54, 1.807) is 6.20 Å². The van der Waals surface area contributed by atoms with Gasteiger partial charge in [-0.3, -0.25) is 9.59 Å². The van der Waals surface area contributed by atoms with Gasteiger partial charge in [0.1, 0.15) is 0 Å². The van der Waals surface area contributed by atoms with E-state index in [-0.39, 0.29) is 29.8 Å². The first-order chi connectivity index (χ1) is 16.5. The van der Waals surface area contributed by atoms with Gasteiger partial charge in [-0.05, 0) is 69.1 Å². The minimum atomic E-state index is -0.522. The molecule has 8 heteroatoms. The molecular formula is C26H37N5O3. The number of aliphatic hydroxyl groups is 1. The number of hydrogen-bond acceptors (Lipinski definition) is 6. The summed E-state index contributed by atoms with van der Waals surface area (Å²) in [6, 6.07) is 0.253. The lowest BCUT2D eigenvalue weighted by atomic mass is 9.76. The van der Waals surface area contributed by atoms with Crippen LogP contribution >= 0.6 is 0 Å². The molecule has 4 aliphatic carbocycles. The zero-order chi connectivity index (χ0) is 23.3. The van der Waals surface area contributed by atoms with Crippen molar-refractivity contribution in [3.8, 4) is 0 Å². The molecule has 2 heterocycles. The number of nitrogens with zero attached hydrogens (tertiary/aromatic N) is 2. The predicted octanol–water partition coefficient (Wildman–Crippen LogP) is 2.88. The molecule has 6 rings (SSSR count). The SMILES string of the molecule is O=C1CCC(Nc2ncc(C(=O)N[C@H]3C4CC5C[C@@](O)(CCCC53)C4)c(C3CCCC3)n2)CN1. The van der Waals surface area contributed by atoms with Gasteiger partial charge in [0.2, 0.25) is 11.9 Å². The van der Waals surface area contributed by atoms with Crippen molar-refractivity contribution in [2.45, 2.75) is 101 Å². The highest BCUT2D eigenvalue weighted by molar-refractivity contribution is 5.95. The molecular weight excluding hydrogens is 430 g/mol. The van der Waals surface area contributed by atoms with Gasteiger partial charge in [0, 0.05) is 37.2 Å². The molecule has 1 aromatic rings. The van der Waals surface area contributed by atoms with Crippen LogP contribution in [0.25, 0.3) is 0 Å². The molecule has 0 aromatic carbocycles. The lowest BCUT2D eigenvalue weighted by Crippen LogP contribution is -2.44. The molecule has 8 nitrogen and oxygen atoms in total. The molecule has 5 aliphatic rings. The molecule has 2 amide bonds. The fraction of sp³-hybridized carbons (Fsp3) is 0.769. The quantitative estimate of drug-likeness (QED) is 0.529. The predicted molar refractivity (Wildman–Crippen MR) is 127 cm³/mol. The minimum absolute atomic E-state index is 0.0509. The van der Waals surface area contributed by atoms with E-state index >= 15 is 0 Å². The summed E-state index contributed by atoms with van der Waals surface area (Å²) in [6.45, 7) is 0.571. The summed E-state index contributed by atoms with van der Waals surface area (Å²) in [6.07, 6.45) is 13.3. The fourth-order valence-corrected chi connectivity index (χ4v) is 7.79. The molecule has 3 bridgehead atoms. The number of amides is 2. The van der Waals surface area contributed by atoms with Crippen molar-refractivity contribution in [3.63, 3.8) is 0 Å². The van der Waals surface area contributed by atoms with Crippen LogP contribution in [0.5, 0.6) is 0 Å². The first-order valence-corrected chi connectivity index (χ1v) is 13.4. The highest BCUT2D eigenvalue weighted by Gasteiger charge is 2.54. The summed E-state index contributed by atoms with van der Waals surface area (Å²) >= 11 is 0. The second kappa shape index (κ2) is 8.77. The van der Waals surface area contributed by atoms with E-state index < -0.39 is 5.60 Å². The van der Waals surface area contributed by atoms with Crippen LogP contribution in [0.15, 0.2) is 6.20 Å². The Bertz CT molecular complexity index is 954. The number of fused-ring (bicyclic) bond motifs is 2. The first kappa shape index (κ1) is 22.3. The Morgan fingerprint density at radius 2 is 1.94 bits per heavy atom. The zero-order valence-corrected chi connectivity index (χ0v) is 19.9. The Labute approximate surface area is 201 Å². The molecule has 0 radical (unpaired) electrons. The van der Waals surface area contributed by atoms with Crippen molar-refractivity contribution >= 4 is 17.8 Å². The van der Waals surface area contributed by atoms with Gasteiger partial charge in [0.25, 0.3) is 5.91 Å². The molecule has 34 heavy (non-hydrogen) atoms. The van der Waals surface area contributed by atoms with E-state index in [1.807, 2.05) is 0 Å². The molecule has 1 aliphatic heterocycles. The number of anilines is 1. The number of carbonyl (C=O) groups is 2. The molecule has 0 spiro atoms. The van der Waals surface area contributed by atoms with Gasteiger partial charge in [0.15, 0.2) is 0 Å². The summed E-state index contributed by atoms with van der Waals surface area (Å²) in [4.78, 5) is 34.5. The third-order valence-electron chi connectivity index (χ3n) is 9.35. The Kier molecular flexibility index (Phi) is 5.74. The second-order valence-electron chi connectivity index (χ2n) is 11.6. The lowest BCUT2D eigenvalue weighted by Gasteiger charge is -2.36. The van der Waals surface area contributed by atoms with Crippen molar-refractivity contribution in [1.82, 2.24) is 20.6 Å². The number of piperidine rings is 1. The molecule has 4 N–H and O–H groups in total. The highest BCUT2D eigenvalue weighted by atomic mass is 16.3. The molecule has 5 fully saturated rings. The Morgan fingerprint density at radius 1 is 1.12 bits per heavy atom. The normalized spacial score (nSPS) is 37.3. The fourth-order valence-electron chi connectivity index (χ4n) is 7.79. The van der Waals surface area contributed by atoms with Crippen LogP contribution in [-0.4, -0.2) is 51.1 Å². The van der Waals surface area contributed by atoms with Gasteiger partial charge >= 0.3 is 0 Å². The summed E-state index contributed by atoms with van der Waals surface area (Å²) in [7, 11) is 0. The molecule has 1 saturated heterocycles. The molecule has 4 unspecified atom stereocenters. The van der Waals surface area contributed by atoms with E-state index in [2.05, 4.69) is 20.9 Å². The van der Waals surface area contributed by atoms with Crippen LogP contribution in [0.2, 0.25) is 0 Å². The standard InChI is InChI=1S/C26H37N5O3/c32-21-8-7-18(13-27-21)29-25-28-14-20(22(31-25)15-4-1-2-5-15)24(33)30-23-17-10-16-11-26(34,12-17)9-3-6-19(16)23/h14-19,23,34H,1-13H2,(H,27,32)(H,30,33)(H,28,29,31)/t16?,17?,18?,19?,23-,26-/m0/s1. The van der Waals surface area contributed by atoms with Crippen molar-refractivity contribution in [2.24, 2.45) is 17.8 Å². The highest BCUT2D eigenvalue weighted by Crippen LogP contribution is 2.55. The van der Waals surface area contributed by atoms with Crippen LogP contribution in [-0.2, 0) is 4.79 Å². The van der Waals surface area contributed by atoms with Gasteiger partial charge in [-0.2, -0.15) is 0 Å². The van der Waals surface area contributed by atoms with Crippen LogP contribution < -0.4 is 16.0 Å². The lowest BCUT2D eigenvalue weighted by molar-refractivity contribution is -0.122. The Hall–Kier alpha value is -2.22. The van der Waals surface area contributed by atoms with Crippen molar-refractivity contribution in [3.05, 3.63) is 17.5 Å². The number of nitrogens with one attached hydrogen (secondary N) is 3. The maximum atomic E-state index is 13.6. The van der Waals surface area contributed by atoms with Crippen molar-refractivity contribution in [2.75, 3.05) is 11.9 Å². The van der Waals surface area contributed by atoms with Crippen LogP contribution in [0.3, 0.4) is 0 Å². The Morgan fingerprint density at radius 3 is 2.74 bits per heavy atom. The van der Waals surface area contributed by atoms with Gasteiger partial charge < -0.3 is 21.1 Å². The van der Waals surface area contributed by atoms with Gasteiger partial charge in [-0.15, -0.1) is 0 Å². The summed E-state index contributed by atoms with van der Waals surface area (Å²) < 4.78 is 0. The third kappa shape index (κ3) is 4.18. The van der Waals surface area contributed by atoms with E-state index in [9.17, 15) is 14.7 Å². The summed E-state index contributed by atoms with van der Waals surface area (Å²) in [5.74, 6) is 2.26. The topological polar surface area (TPSA) is 116 Å². The second-order valence-corrected chi connectivity index (χ2v) is 11.6.